The molecule has 0 radical (unpaired) electrons. The molecule has 0 atom stereocenters. The molecule has 0 aliphatic heterocycles. The Morgan fingerprint density at radius 2 is 1.67 bits per heavy atom. The molecule has 0 aromatic heterocycles. The van der Waals surface area contributed by atoms with Crippen LogP contribution in [0.25, 0.3) is 0 Å². The van der Waals surface area contributed by atoms with Crippen molar-refractivity contribution in [3.8, 4) is 11.5 Å². The van der Waals surface area contributed by atoms with E-state index >= 15 is 0 Å². The van der Waals surface area contributed by atoms with Crippen molar-refractivity contribution in [1.29, 1.82) is 0 Å². The fourth-order valence-electron chi connectivity index (χ4n) is 1.53. The van der Waals surface area contributed by atoms with Crippen molar-refractivity contribution in [1.82, 2.24) is 9.80 Å². The first-order valence-electron chi connectivity index (χ1n) is 6.80. The summed E-state index contributed by atoms with van der Waals surface area (Å²) in [5, 5.41) is 0. The minimum atomic E-state index is 0.436. The summed E-state index contributed by atoms with van der Waals surface area (Å²) in [6.45, 7) is 2.69. The monoisotopic (exact) mass is 293 g/mol. The van der Waals surface area contributed by atoms with E-state index in [4.69, 9.17) is 9.47 Å². The minimum absolute atomic E-state index is 0.436. The van der Waals surface area contributed by atoms with Crippen molar-refractivity contribution in [2.24, 2.45) is 4.99 Å². The van der Waals surface area contributed by atoms with E-state index in [1.807, 2.05) is 44.1 Å². The van der Waals surface area contributed by atoms with Gasteiger partial charge in [0, 0.05) is 19.2 Å². The summed E-state index contributed by atoms with van der Waals surface area (Å²) in [7, 11) is 7.89. The first-order chi connectivity index (χ1) is 10.0. The summed E-state index contributed by atoms with van der Waals surface area (Å²) >= 11 is 0. The van der Waals surface area contributed by atoms with E-state index in [0.29, 0.717) is 30.4 Å². The lowest BCUT2D eigenvalue weighted by molar-refractivity contribution is 0.256. The number of rotatable bonds is 9. The zero-order valence-electron chi connectivity index (χ0n) is 13.1. The Morgan fingerprint density at radius 3 is 2.24 bits per heavy atom. The first-order valence-corrected chi connectivity index (χ1v) is 6.80. The highest BCUT2D eigenvalue weighted by Crippen LogP contribution is 2.31. The second-order valence-corrected chi connectivity index (χ2v) is 5.14. The second-order valence-electron chi connectivity index (χ2n) is 5.14. The van der Waals surface area contributed by atoms with Gasteiger partial charge in [-0.15, -0.1) is 0 Å². The Hall–Kier alpha value is -1.88. The van der Waals surface area contributed by atoms with Crippen LogP contribution in [-0.4, -0.2) is 70.4 Å². The average molecular weight is 293 g/mol. The molecular weight excluding hydrogens is 270 g/mol. The maximum Gasteiger partial charge on any atom is 0.240 e. The van der Waals surface area contributed by atoms with E-state index in [2.05, 4.69) is 4.99 Å². The van der Waals surface area contributed by atoms with Gasteiger partial charge in [-0.05, 0) is 40.3 Å². The largest absolute Gasteiger partial charge is 0.492 e. The fraction of sp³-hybridized carbons (Fsp3) is 0.533. The number of benzene rings is 1. The number of aliphatic imine (C=N–C) groups is 1. The number of nitrogens with zero attached hydrogens (tertiary/aromatic N) is 3. The molecule has 1 rings (SSSR count). The zero-order valence-corrected chi connectivity index (χ0v) is 13.1. The molecule has 0 saturated carbocycles. The van der Waals surface area contributed by atoms with Gasteiger partial charge in [0.1, 0.15) is 30.4 Å². The molecule has 21 heavy (non-hydrogen) atoms. The summed E-state index contributed by atoms with van der Waals surface area (Å²) < 4.78 is 11.2. The van der Waals surface area contributed by atoms with Gasteiger partial charge in [-0.1, -0.05) is 0 Å². The van der Waals surface area contributed by atoms with Crippen molar-refractivity contribution in [3.05, 3.63) is 18.2 Å². The normalized spacial score (nSPS) is 10.6. The number of hydrogen-bond acceptors (Lipinski definition) is 6. The van der Waals surface area contributed by atoms with Crippen LogP contribution in [0.1, 0.15) is 0 Å². The Kier molecular flexibility index (Phi) is 7.46. The summed E-state index contributed by atoms with van der Waals surface area (Å²) in [5.74, 6) is 1.21. The van der Waals surface area contributed by atoms with Crippen LogP contribution in [0.4, 0.5) is 5.69 Å². The molecule has 0 fully saturated rings. The number of carbonyl (C=O) groups excluding carboxylic acids is 1. The summed E-state index contributed by atoms with van der Waals surface area (Å²) in [6.07, 6.45) is 1.55. The average Bonchev–Trinajstić information content (AvgIpc) is 2.40. The van der Waals surface area contributed by atoms with Crippen molar-refractivity contribution in [3.63, 3.8) is 0 Å². The Labute approximate surface area is 126 Å². The topological polar surface area (TPSA) is 54.4 Å². The van der Waals surface area contributed by atoms with Gasteiger partial charge in [0.25, 0.3) is 0 Å². The van der Waals surface area contributed by atoms with Crippen LogP contribution in [0.2, 0.25) is 0 Å². The molecule has 6 heteroatoms. The van der Waals surface area contributed by atoms with Crippen molar-refractivity contribution >= 4 is 11.8 Å². The van der Waals surface area contributed by atoms with E-state index in [9.17, 15) is 4.79 Å². The van der Waals surface area contributed by atoms with Gasteiger partial charge < -0.3 is 19.3 Å². The van der Waals surface area contributed by atoms with Gasteiger partial charge >= 0.3 is 0 Å². The van der Waals surface area contributed by atoms with Gasteiger partial charge in [0.2, 0.25) is 6.08 Å². The maximum absolute atomic E-state index is 10.5. The van der Waals surface area contributed by atoms with Gasteiger partial charge in [-0.25, -0.2) is 4.79 Å². The second kappa shape index (κ2) is 9.13. The van der Waals surface area contributed by atoms with E-state index < -0.39 is 0 Å². The molecule has 0 N–H and O–H groups in total. The van der Waals surface area contributed by atoms with Crippen LogP contribution >= 0.6 is 0 Å². The number of ether oxygens (including phenoxy) is 2. The van der Waals surface area contributed by atoms with Crippen molar-refractivity contribution < 1.29 is 14.3 Å². The molecule has 1 aromatic carbocycles. The zero-order chi connectivity index (χ0) is 15.7. The van der Waals surface area contributed by atoms with Gasteiger partial charge in [0.15, 0.2) is 0 Å². The molecule has 0 unspecified atom stereocenters. The van der Waals surface area contributed by atoms with Crippen molar-refractivity contribution in [2.45, 2.75) is 0 Å². The van der Waals surface area contributed by atoms with Crippen LogP contribution in [0.3, 0.4) is 0 Å². The number of likely N-dealkylation sites (N-methyl/N-ethyl adjacent to an activating group) is 2. The maximum atomic E-state index is 10.5. The lowest BCUT2D eigenvalue weighted by Crippen LogP contribution is -2.19. The van der Waals surface area contributed by atoms with E-state index in [1.54, 1.807) is 18.2 Å². The highest BCUT2D eigenvalue weighted by molar-refractivity contribution is 5.60. The van der Waals surface area contributed by atoms with E-state index in [1.165, 1.54) is 0 Å². The van der Waals surface area contributed by atoms with Crippen LogP contribution in [0, 0.1) is 0 Å². The molecule has 6 nitrogen and oxygen atoms in total. The standard InChI is InChI=1S/C15H23N3O3/c1-17(2)7-9-20-13-5-6-15(14(11-13)16-12-19)21-10-8-18(3)4/h5-6,11H,7-10H2,1-4H3. The first kappa shape index (κ1) is 17.2. The SMILES string of the molecule is CN(C)CCOc1ccc(OCCN(C)C)c(N=C=O)c1. The molecule has 0 heterocycles. The van der Waals surface area contributed by atoms with E-state index in [-0.39, 0.29) is 0 Å². The Balaban J connectivity index is 2.69. The minimum Gasteiger partial charge on any atom is -0.492 e. The van der Waals surface area contributed by atoms with Gasteiger partial charge in [-0.2, -0.15) is 4.99 Å². The smallest absolute Gasteiger partial charge is 0.240 e. The summed E-state index contributed by atoms with van der Waals surface area (Å²) in [6, 6.07) is 5.26. The van der Waals surface area contributed by atoms with E-state index in [0.717, 1.165) is 13.1 Å². The predicted octanol–water partition coefficient (Wildman–Crippen LogP) is 1.53. The molecule has 0 spiro atoms. The molecule has 1 aromatic rings. The number of hydrogen-bond donors (Lipinski definition) is 0. The molecule has 0 amide bonds. The summed E-state index contributed by atoms with van der Waals surface area (Å²) in [5.41, 5.74) is 0.436. The Morgan fingerprint density at radius 1 is 1.05 bits per heavy atom. The molecule has 0 aliphatic carbocycles. The third-order valence-corrected chi connectivity index (χ3v) is 2.70. The van der Waals surface area contributed by atoms with Crippen LogP contribution in [0.5, 0.6) is 11.5 Å². The van der Waals surface area contributed by atoms with Crippen molar-refractivity contribution in [2.75, 3.05) is 54.5 Å². The van der Waals surface area contributed by atoms with Crippen LogP contribution < -0.4 is 9.47 Å². The Bertz CT molecular complexity index is 483. The third kappa shape index (κ3) is 6.90. The van der Waals surface area contributed by atoms with Gasteiger partial charge in [-0.3, -0.25) is 0 Å². The van der Waals surface area contributed by atoms with Crippen LogP contribution in [0.15, 0.2) is 23.2 Å². The molecule has 0 saturated heterocycles. The fourth-order valence-corrected chi connectivity index (χ4v) is 1.53. The van der Waals surface area contributed by atoms with Crippen LogP contribution in [-0.2, 0) is 4.79 Å². The molecule has 0 aliphatic rings. The highest BCUT2D eigenvalue weighted by atomic mass is 16.5. The molecule has 116 valence electrons. The quantitative estimate of drug-likeness (QED) is 0.510. The number of isocyanates is 1. The lowest BCUT2D eigenvalue weighted by Gasteiger charge is -2.14. The molecular formula is C15H23N3O3. The lowest BCUT2D eigenvalue weighted by atomic mass is 10.3. The predicted molar refractivity (Wildman–Crippen MR) is 82.3 cm³/mol. The molecule has 0 bridgehead atoms. The third-order valence-electron chi connectivity index (χ3n) is 2.70. The summed E-state index contributed by atoms with van der Waals surface area (Å²) in [4.78, 5) is 18.2. The van der Waals surface area contributed by atoms with Gasteiger partial charge in [0.05, 0.1) is 0 Å². The highest BCUT2D eigenvalue weighted by Gasteiger charge is 2.06.